The number of fused-ring (bicyclic) bond motifs is 1. The number of aryl methyl sites for hydroxylation is 1. The monoisotopic (exact) mass is 334 g/mol. The number of nitrogens with zero attached hydrogens (tertiary/aromatic N) is 4. The first-order valence-corrected chi connectivity index (χ1v) is 9.35. The van der Waals surface area contributed by atoms with E-state index in [0.29, 0.717) is 17.2 Å². The molecule has 7 nitrogen and oxygen atoms in total. The van der Waals surface area contributed by atoms with E-state index >= 15 is 0 Å². The molecule has 23 heavy (non-hydrogen) atoms. The van der Waals surface area contributed by atoms with Crippen LogP contribution in [0.15, 0.2) is 33.9 Å². The molecule has 2 aromatic heterocycles. The standard InChI is InChI=1S/C15H18N4O3S/c1-3-4-9-13-17-14(22-18-13)10-19-12-8-6-5-7-11(12)16-15(19)23(2,20)21/h5-8H,3-4,9-10H2,1-2H3. The number of unbranched alkanes of at least 4 members (excludes halogenated alkanes) is 1. The van der Waals surface area contributed by atoms with Crippen LogP contribution in [0, 0.1) is 0 Å². The van der Waals surface area contributed by atoms with Gasteiger partial charge >= 0.3 is 0 Å². The maximum Gasteiger partial charge on any atom is 0.246 e. The Morgan fingerprint density at radius 1 is 1.22 bits per heavy atom. The minimum absolute atomic E-state index is 0.00649. The molecule has 0 aliphatic heterocycles. The van der Waals surface area contributed by atoms with Gasteiger partial charge in [0, 0.05) is 12.7 Å². The summed E-state index contributed by atoms with van der Waals surface area (Å²) in [5.74, 6) is 1.02. The van der Waals surface area contributed by atoms with E-state index in [9.17, 15) is 8.42 Å². The molecule has 2 heterocycles. The molecule has 3 aromatic rings. The Balaban J connectivity index is 2.00. The van der Waals surface area contributed by atoms with Crippen LogP contribution in [0.1, 0.15) is 31.5 Å². The Morgan fingerprint density at radius 2 is 2.00 bits per heavy atom. The summed E-state index contributed by atoms with van der Waals surface area (Å²) in [5.41, 5.74) is 1.35. The Morgan fingerprint density at radius 3 is 2.74 bits per heavy atom. The van der Waals surface area contributed by atoms with Gasteiger partial charge in [-0.3, -0.25) is 0 Å². The van der Waals surface area contributed by atoms with Gasteiger partial charge in [-0.1, -0.05) is 30.6 Å². The summed E-state index contributed by atoms with van der Waals surface area (Å²) >= 11 is 0. The molecular formula is C15H18N4O3S. The summed E-state index contributed by atoms with van der Waals surface area (Å²) in [6.45, 7) is 2.28. The highest BCUT2D eigenvalue weighted by molar-refractivity contribution is 7.90. The van der Waals surface area contributed by atoms with Crippen LogP contribution in [-0.2, 0) is 22.8 Å². The van der Waals surface area contributed by atoms with Crippen molar-refractivity contribution >= 4 is 20.9 Å². The lowest BCUT2D eigenvalue weighted by Gasteiger charge is -2.04. The molecule has 0 aliphatic carbocycles. The van der Waals surface area contributed by atoms with Gasteiger partial charge in [0.25, 0.3) is 0 Å². The Labute approximate surface area is 134 Å². The number of hydrogen-bond donors (Lipinski definition) is 0. The largest absolute Gasteiger partial charge is 0.337 e. The average Bonchev–Trinajstić information content (AvgIpc) is 3.10. The van der Waals surface area contributed by atoms with Gasteiger partial charge in [-0.15, -0.1) is 0 Å². The predicted octanol–water partition coefficient (Wildman–Crippen LogP) is 2.21. The van der Waals surface area contributed by atoms with Crippen molar-refractivity contribution in [2.75, 3.05) is 6.26 Å². The Hall–Kier alpha value is -2.22. The zero-order valence-electron chi connectivity index (χ0n) is 13.1. The highest BCUT2D eigenvalue weighted by Gasteiger charge is 2.21. The van der Waals surface area contributed by atoms with E-state index in [1.165, 1.54) is 0 Å². The molecular weight excluding hydrogens is 316 g/mol. The van der Waals surface area contributed by atoms with Crippen LogP contribution in [0.25, 0.3) is 11.0 Å². The van der Waals surface area contributed by atoms with Gasteiger partial charge in [0.15, 0.2) is 5.82 Å². The number of aromatic nitrogens is 4. The molecule has 3 rings (SSSR count). The highest BCUT2D eigenvalue weighted by Crippen LogP contribution is 2.20. The van der Waals surface area contributed by atoms with Crippen molar-refractivity contribution < 1.29 is 12.9 Å². The number of rotatable bonds is 6. The van der Waals surface area contributed by atoms with E-state index in [1.807, 2.05) is 18.2 Å². The van der Waals surface area contributed by atoms with Crippen molar-refractivity contribution in [1.82, 2.24) is 19.7 Å². The fourth-order valence-electron chi connectivity index (χ4n) is 2.42. The molecule has 0 saturated heterocycles. The Bertz CT molecular complexity index is 927. The lowest BCUT2D eigenvalue weighted by Crippen LogP contribution is -2.10. The van der Waals surface area contributed by atoms with Crippen molar-refractivity contribution in [2.45, 2.75) is 37.9 Å². The molecule has 0 spiro atoms. The van der Waals surface area contributed by atoms with Gasteiger partial charge in [0.2, 0.25) is 20.9 Å². The predicted molar refractivity (Wildman–Crippen MR) is 84.9 cm³/mol. The minimum Gasteiger partial charge on any atom is -0.337 e. The van der Waals surface area contributed by atoms with Crippen molar-refractivity contribution in [2.24, 2.45) is 0 Å². The smallest absolute Gasteiger partial charge is 0.246 e. The van der Waals surface area contributed by atoms with Gasteiger partial charge in [0.1, 0.15) is 6.54 Å². The second-order valence-electron chi connectivity index (χ2n) is 5.45. The van der Waals surface area contributed by atoms with Gasteiger partial charge < -0.3 is 9.09 Å². The molecule has 0 unspecified atom stereocenters. The van der Waals surface area contributed by atoms with Crippen LogP contribution in [0.4, 0.5) is 0 Å². The van der Waals surface area contributed by atoms with Crippen LogP contribution in [0.2, 0.25) is 0 Å². The minimum atomic E-state index is -3.46. The average molecular weight is 334 g/mol. The fraction of sp³-hybridized carbons (Fsp3) is 0.400. The number of hydrogen-bond acceptors (Lipinski definition) is 6. The third-order valence-corrected chi connectivity index (χ3v) is 4.48. The van der Waals surface area contributed by atoms with Crippen molar-refractivity contribution in [3.63, 3.8) is 0 Å². The Kier molecular flexibility index (Phi) is 4.16. The molecule has 0 atom stereocenters. The second kappa shape index (κ2) is 6.11. The zero-order chi connectivity index (χ0) is 16.4. The first-order valence-electron chi connectivity index (χ1n) is 7.46. The van der Waals surface area contributed by atoms with E-state index in [4.69, 9.17) is 4.52 Å². The fourth-order valence-corrected chi connectivity index (χ4v) is 3.24. The third kappa shape index (κ3) is 3.26. The third-order valence-electron chi connectivity index (χ3n) is 3.51. The van der Waals surface area contributed by atoms with Gasteiger partial charge in [0.05, 0.1) is 11.0 Å². The van der Waals surface area contributed by atoms with Crippen LogP contribution in [-0.4, -0.2) is 34.4 Å². The molecule has 0 N–H and O–H groups in total. The molecule has 0 bridgehead atoms. The number of sulfone groups is 1. The summed E-state index contributed by atoms with van der Waals surface area (Å²) in [4.78, 5) is 8.55. The molecule has 0 fully saturated rings. The zero-order valence-corrected chi connectivity index (χ0v) is 13.9. The summed E-state index contributed by atoms with van der Waals surface area (Å²) in [7, 11) is -3.46. The lowest BCUT2D eigenvalue weighted by molar-refractivity contribution is 0.363. The van der Waals surface area contributed by atoms with E-state index in [-0.39, 0.29) is 11.7 Å². The molecule has 8 heteroatoms. The normalized spacial score (nSPS) is 12.1. The lowest BCUT2D eigenvalue weighted by atomic mass is 10.2. The highest BCUT2D eigenvalue weighted by atomic mass is 32.2. The number of benzene rings is 1. The summed E-state index contributed by atoms with van der Waals surface area (Å²) in [5, 5.41) is 3.94. The second-order valence-corrected chi connectivity index (χ2v) is 7.36. The van der Waals surface area contributed by atoms with Crippen LogP contribution >= 0.6 is 0 Å². The van der Waals surface area contributed by atoms with E-state index in [1.54, 1.807) is 10.6 Å². The number of para-hydroxylation sites is 2. The van der Waals surface area contributed by atoms with Crippen molar-refractivity contribution in [3.05, 3.63) is 36.0 Å². The molecule has 1 aromatic carbocycles. The van der Waals surface area contributed by atoms with E-state index in [0.717, 1.165) is 31.0 Å². The molecule has 0 amide bonds. The first-order chi connectivity index (χ1) is 11.0. The van der Waals surface area contributed by atoms with Crippen LogP contribution in [0.3, 0.4) is 0 Å². The molecule has 0 aliphatic rings. The van der Waals surface area contributed by atoms with Gasteiger partial charge in [-0.05, 0) is 18.6 Å². The SMILES string of the molecule is CCCCc1noc(Cn2c(S(C)(=O)=O)nc3ccccc32)n1. The topological polar surface area (TPSA) is 90.9 Å². The summed E-state index contributed by atoms with van der Waals surface area (Å²) < 4.78 is 30.9. The van der Waals surface area contributed by atoms with Crippen LogP contribution in [0.5, 0.6) is 0 Å². The van der Waals surface area contributed by atoms with Crippen molar-refractivity contribution in [3.8, 4) is 0 Å². The van der Waals surface area contributed by atoms with Gasteiger partial charge in [-0.25, -0.2) is 13.4 Å². The summed E-state index contributed by atoms with van der Waals surface area (Å²) in [6.07, 6.45) is 3.94. The molecule has 122 valence electrons. The first kappa shape index (κ1) is 15.7. The maximum absolute atomic E-state index is 12.0. The quantitative estimate of drug-likeness (QED) is 0.686. The molecule has 0 saturated carbocycles. The van der Waals surface area contributed by atoms with E-state index in [2.05, 4.69) is 22.0 Å². The maximum atomic E-state index is 12.0. The molecule has 0 radical (unpaired) electrons. The van der Waals surface area contributed by atoms with Crippen LogP contribution < -0.4 is 0 Å². The summed E-state index contributed by atoms with van der Waals surface area (Å²) in [6, 6.07) is 7.26. The van der Waals surface area contributed by atoms with Crippen molar-refractivity contribution in [1.29, 1.82) is 0 Å². The van der Waals surface area contributed by atoms with Gasteiger partial charge in [-0.2, -0.15) is 4.98 Å². The van der Waals surface area contributed by atoms with E-state index < -0.39 is 9.84 Å². The number of imidazole rings is 1.